The smallest absolute Gasteiger partial charge is 0.248 e. The van der Waals surface area contributed by atoms with E-state index in [1.54, 1.807) is 31.8 Å². The molecule has 0 aliphatic carbocycles. The second-order valence-electron chi connectivity index (χ2n) is 7.83. The summed E-state index contributed by atoms with van der Waals surface area (Å²) in [5, 5.41) is 6.14. The molecule has 1 amide bonds. The molecule has 4 aromatic rings. The Morgan fingerprint density at radius 1 is 1.06 bits per heavy atom. The van der Waals surface area contributed by atoms with Gasteiger partial charge in [0.1, 0.15) is 0 Å². The quantitative estimate of drug-likeness (QED) is 0.298. The summed E-state index contributed by atoms with van der Waals surface area (Å²) >= 11 is 0. The number of carbonyl (C=O) groups is 1. The van der Waals surface area contributed by atoms with Crippen molar-refractivity contribution in [3.05, 3.63) is 90.4 Å². The van der Waals surface area contributed by atoms with Crippen molar-refractivity contribution < 1.29 is 14.3 Å². The van der Waals surface area contributed by atoms with Gasteiger partial charge in [0, 0.05) is 41.6 Å². The number of hydrogen-bond donors (Lipinski definition) is 2. The number of ether oxygens (including phenoxy) is 2. The van der Waals surface area contributed by atoms with Gasteiger partial charge in [0.05, 0.1) is 19.4 Å². The van der Waals surface area contributed by atoms with Gasteiger partial charge >= 0.3 is 0 Å². The van der Waals surface area contributed by atoms with Gasteiger partial charge in [-0.15, -0.1) is 0 Å². The fraction of sp³-hybridized carbons (Fsp3) is 0.143. The van der Waals surface area contributed by atoms with E-state index in [9.17, 15) is 4.79 Å². The fourth-order valence-electron chi connectivity index (χ4n) is 3.47. The molecule has 0 aliphatic rings. The zero-order valence-electron chi connectivity index (χ0n) is 20.4. The third-order valence-corrected chi connectivity index (χ3v) is 5.28. The predicted octanol–water partition coefficient (Wildman–Crippen LogP) is 5.65. The van der Waals surface area contributed by atoms with Crippen LogP contribution in [-0.2, 0) is 4.79 Å². The van der Waals surface area contributed by atoms with Crippen molar-refractivity contribution in [2.45, 2.75) is 13.8 Å². The molecule has 4 rings (SSSR count). The average molecular weight is 482 g/mol. The van der Waals surface area contributed by atoms with E-state index in [-0.39, 0.29) is 5.91 Å². The molecular formula is C28H27N5O3. The van der Waals surface area contributed by atoms with Gasteiger partial charge in [-0.1, -0.05) is 12.1 Å². The highest BCUT2D eigenvalue weighted by Crippen LogP contribution is 2.29. The summed E-state index contributed by atoms with van der Waals surface area (Å²) in [7, 11) is 1.59. The summed E-state index contributed by atoms with van der Waals surface area (Å²) in [5.74, 6) is 1.47. The topological polar surface area (TPSA) is 98.3 Å². The molecule has 2 aromatic heterocycles. The Balaban J connectivity index is 1.45. The fourth-order valence-corrected chi connectivity index (χ4v) is 3.47. The molecule has 8 nitrogen and oxygen atoms in total. The third-order valence-electron chi connectivity index (χ3n) is 5.28. The van der Waals surface area contributed by atoms with E-state index in [0.717, 1.165) is 28.1 Å². The Hall–Kier alpha value is -4.72. The van der Waals surface area contributed by atoms with Crippen LogP contribution in [0.2, 0.25) is 0 Å². The molecule has 0 atom stereocenters. The van der Waals surface area contributed by atoms with Crippen LogP contribution in [0.4, 0.5) is 17.3 Å². The van der Waals surface area contributed by atoms with Crippen molar-refractivity contribution in [1.29, 1.82) is 0 Å². The first-order valence-corrected chi connectivity index (χ1v) is 11.5. The van der Waals surface area contributed by atoms with Crippen molar-refractivity contribution in [2.24, 2.45) is 0 Å². The van der Waals surface area contributed by atoms with Crippen LogP contribution in [0.5, 0.6) is 11.5 Å². The van der Waals surface area contributed by atoms with Crippen molar-refractivity contribution in [2.75, 3.05) is 24.4 Å². The molecular weight excluding hydrogens is 454 g/mol. The van der Waals surface area contributed by atoms with Gasteiger partial charge in [-0.05, 0) is 73.5 Å². The maximum Gasteiger partial charge on any atom is 0.248 e. The molecule has 0 spiro atoms. The normalized spacial score (nSPS) is 10.8. The maximum atomic E-state index is 12.6. The number of rotatable bonds is 9. The summed E-state index contributed by atoms with van der Waals surface area (Å²) in [6.45, 7) is 4.40. The first-order chi connectivity index (χ1) is 17.6. The number of nitrogens with zero attached hydrogens (tertiary/aromatic N) is 3. The standard InChI is InChI=1S/C28H27N5O3/c1-4-36-26-16-20(8-11-25(26)35-3)9-12-27(34)31-22-10-7-19(2)24(17-22)33-28-30-15-13-23(32-28)21-6-5-14-29-18-21/h5-18H,4H2,1-3H3,(H,31,34)(H,30,32,33)/b12-9+. The first-order valence-electron chi connectivity index (χ1n) is 11.5. The maximum absolute atomic E-state index is 12.6. The van der Waals surface area contributed by atoms with E-state index >= 15 is 0 Å². The molecule has 0 aliphatic heterocycles. The number of aromatic nitrogens is 3. The van der Waals surface area contributed by atoms with Gasteiger partial charge in [-0.25, -0.2) is 9.97 Å². The lowest BCUT2D eigenvalue weighted by atomic mass is 10.1. The summed E-state index contributed by atoms with van der Waals surface area (Å²) in [6.07, 6.45) is 8.37. The van der Waals surface area contributed by atoms with E-state index in [4.69, 9.17) is 9.47 Å². The molecule has 8 heteroatoms. The molecule has 0 bridgehead atoms. The largest absolute Gasteiger partial charge is 0.493 e. The van der Waals surface area contributed by atoms with Crippen molar-refractivity contribution in [1.82, 2.24) is 15.0 Å². The molecule has 0 fully saturated rings. The lowest BCUT2D eigenvalue weighted by molar-refractivity contribution is -0.111. The van der Waals surface area contributed by atoms with Crippen LogP contribution in [0.1, 0.15) is 18.1 Å². The molecule has 36 heavy (non-hydrogen) atoms. The molecule has 2 heterocycles. The minimum absolute atomic E-state index is 0.256. The summed E-state index contributed by atoms with van der Waals surface area (Å²) < 4.78 is 10.9. The summed E-state index contributed by atoms with van der Waals surface area (Å²) in [5.41, 5.74) is 4.91. The average Bonchev–Trinajstić information content (AvgIpc) is 2.90. The number of pyridine rings is 1. The Labute approximate surface area is 210 Å². The van der Waals surface area contributed by atoms with E-state index < -0.39 is 0 Å². The van der Waals surface area contributed by atoms with Gasteiger partial charge < -0.3 is 20.1 Å². The number of anilines is 3. The van der Waals surface area contributed by atoms with Crippen LogP contribution >= 0.6 is 0 Å². The molecule has 182 valence electrons. The number of aryl methyl sites for hydroxylation is 1. The van der Waals surface area contributed by atoms with Gasteiger partial charge in [0.2, 0.25) is 11.9 Å². The number of benzene rings is 2. The van der Waals surface area contributed by atoms with E-state index in [2.05, 4.69) is 25.6 Å². The molecule has 0 saturated heterocycles. The van der Waals surface area contributed by atoms with Crippen LogP contribution in [0, 0.1) is 6.92 Å². The molecule has 2 N–H and O–H groups in total. The summed E-state index contributed by atoms with van der Waals surface area (Å²) in [6, 6.07) is 16.8. The molecule has 0 unspecified atom stereocenters. The second kappa shape index (κ2) is 11.6. The Bertz CT molecular complexity index is 1370. The third kappa shape index (κ3) is 6.24. The van der Waals surface area contributed by atoms with Gasteiger partial charge in [-0.3, -0.25) is 9.78 Å². The number of nitrogens with one attached hydrogen (secondary N) is 2. The van der Waals surface area contributed by atoms with Crippen LogP contribution in [0.3, 0.4) is 0 Å². The minimum atomic E-state index is -0.256. The number of hydrogen-bond acceptors (Lipinski definition) is 7. The summed E-state index contributed by atoms with van der Waals surface area (Å²) in [4.78, 5) is 25.6. The molecule has 0 saturated carbocycles. The molecule has 2 aromatic carbocycles. The van der Waals surface area contributed by atoms with Crippen molar-refractivity contribution >= 4 is 29.3 Å². The number of carbonyl (C=O) groups excluding carboxylic acids is 1. The molecule has 0 radical (unpaired) electrons. The zero-order chi connectivity index (χ0) is 25.3. The van der Waals surface area contributed by atoms with Gasteiger partial charge in [0.15, 0.2) is 11.5 Å². The van der Waals surface area contributed by atoms with Gasteiger partial charge in [-0.2, -0.15) is 0 Å². The predicted molar refractivity (Wildman–Crippen MR) is 142 cm³/mol. The Kier molecular flexibility index (Phi) is 7.87. The van der Waals surface area contributed by atoms with Crippen LogP contribution in [-0.4, -0.2) is 34.6 Å². The highest BCUT2D eigenvalue weighted by molar-refractivity contribution is 6.02. The lowest BCUT2D eigenvalue weighted by Crippen LogP contribution is -2.08. The second-order valence-corrected chi connectivity index (χ2v) is 7.83. The minimum Gasteiger partial charge on any atom is -0.493 e. The van der Waals surface area contributed by atoms with E-state index in [0.29, 0.717) is 29.7 Å². The monoisotopic (exact) mass is 481 g/mol. The van der Waals surface area contributed by atoms with Crippen molar-refractivity contribution in [3.8, 4) is 22.8 Å². The lowest BCUT2D eigenvalue weighted by Gasteiger charge is -2.12. The van der Waals surface area contributed by atoms with Crippen molar-refractivity contribution in [3.63, 3.8) is 0 Å². The van der Waals surface area contributed by atoms with Crippen LogP contribution in [0.15, 0.2) is 79.3 Å². The SMILES string of the molecule is CCOc1cc(/C=C/C(=O)Nc2ccc(C)c(Nc3nccc(-c4cccnc4)n3)c2)ccc1OC. The first kappa shape index (κ1) is 24.4. The van der Waals surface area contributed by atoms with E-state index in [1.807, 2.05) is 68.4 Å². The Morgan fingerprint density at radius 2 is 1.94 bits per heavy atom. The van der Waals surface area contributed by atoms with Gasteiger partial charge in [0.25, 0.3) is 0 Å². The number of methoxy groups -OCH3 is 1. The highest BCUT2D eigenvalue weighted by Gasteiger charge is 2.08. The number of amides is 1. The van der Waals surface area contributed by atoms with Crippen LogP contribution < -0.4 is 20.1 Å². The van der Waals surface area contributed by atoms with E-state index in [1.165, 1.54) is 6.08 Å². The highest BCUT2D eigenvalue weighted by atomic mass is 16.5. The van der Waals surface area contributed by atoms with Crippen LogP contribution in [0.25, 0.3) is 17.3 Å². The zero-order valence-corrected chi connectivity index (χ0v) is 20.4. The Morgan fingerprint density at radius 3 is 2.72 bits per heavy atom.